The molecule has 0 spiro atoms. The summed E-state index contributed by atoms with van der Waals surface area (Å²) in [5, 5.41) is 15.0. The zero-order valence-corrected chi connectivity index (χ0v) is 12.7. The molecule has 0 amide bonds. The summed E-state index contributed by atoms with van der Waals surface area (Å²) >= 11 is 0. The molecule has 1 N–H and O–H groups in total. The molecule has 3 heteroatoms. The molecule has 0 atom stereocenters. The van der Waals surface area contributed by atoms with E-state index in [2.05, 4.69) is 38.0 Å². The van der Waals surface area contributed by atoms with Gasteiger partial charge in [0.2, 0.25) is 0 Å². The Morgan fingerprint density at radius 2 is 1.95 bits per heavy atom. The fourth-order valence-electron chi connectivity index (χ4n) is 2.44. The highest BCUT2D eigenvalue weighted by atomic mass is 16.3. The van der Waals surface area contributed by atoms with Gasteiger partial charge >= 0.3 is 0 Å². The Balaban J connectivity index is 2.46. The van der Waals surface area contributed by atoms with E-state index in [-0.39, 0.29) is 0 Å². The van der Waals surface area contributed by atoms with Crippen molar-refractivity contribution < 1.29 is 5.11 Å². The lowest BCUT2D eigenvalue weighted by atomic mass is 10.1. The minimum absolute atomic E-state index is 0.391. The number of aryl methyl sites for hydroxylation is 2. The van der Waals surface area contributed by atoms with Gasteiger partial charge in [0.05, 0.1) is 11.4 Å². The first-order chi connectivity index (χ1) is 9.67. The van der Waals surface area contributed by atoms with Crippen LogP contribution in [0.2, 0.25) is 0 Å². The molecule has 0 saturated carbocycles. The third-order valence-corrected chi connectivity index (χ3v) is 3.52. The van der Waals surface area contributed by atoms with Crippen molar-refractivity contribution in [2.24, 2.45) is 0 Å². The van der Waals surface area contributed by atoms with Crippen molar-refractivity contribution in [1.29, 1.82) is 0 Å². The van der Waals surface area contributed by atoms with Crippen molar-refractivity contribution in [3.8, 4) is 11.4 Å². The van der Waals surface area contributed by atoms with E-state index in [0.717, 1.165) is 49.2 Å². The van der Waals surface area contributed by atoms with Gasteiger partial charge in [0, 0.05) is 0 Å². The lowest BCUT2D eigenvalue weighted by Crippen LogP contribution is -2.03. The number of hydrogen-bond donors (Lipinski definition) is 1. The summed E-state index contributed by atoms with van der Waals surface area (Å²) in [4.78, 5) is 0. The van der Waals surface area contributed by atoms with Crippen LogP contribution in [0.25, 0.3) is 5.69 Å². The van der Waals surface area contributed by atoms with Gasteiger partial charge in [-0.25, -0.2) is 4.68 Å². The van der Waals surface area contributed by atoms with Crippen molar-refractivity contribution >= 4 is 0 Å². The van der Waals surface area contributed by atoms with E-state index >= 15 is 0 Å². The Kier molecular flexibility index (Phi) is 4.83. The molecule has 0 unspecified atom stereocenters. The molecular formula is C17H24N2O. The first-order valence-electron chi connectivity index (χ1n) is 7.54. The maximum absolute atomic E-state index is 10.4. The summed E-state index contributed by atoms with van der Waals surface area (Å²) in [6, 6.07) is 8.26. The van der Waals surface area contributed by atoms with Crippen LogP contribution in [0.3, 0.4) is 0 Å². The molecule has 1 heterocycles. The van der Waals surface area contributed by atoms with Crippen LogP contribution in [-0.2, 0) is 12.8 Å². The lowest BCUT2D eigenvalue weighted by Gasteiger charge is -2.08. The molecule has 0 bridgehead atoms. The van der Waals surface area contributed by atoms with Crippen molar-refractivity contribution in [3.05, 3.63) is 41.2 Å². The molecule has 0 radical (unpaired) electrons. The average molecular weight is 272 g/mol. The predicted octanol–water partition coefficient (Wildman–Crippen LogP) is 4.18. The van der Waals surface area contributed by atoms with Crippen LogP contribution in [0.4, 0.5) is 0 Å². The van der Waals surface area contributed by atoms with Gasteiger partial charge in [-0.05, 0) is 43.9 Å². The minimum atomic E-state index is 0.391. The van der Waals surface area contributed by atoms with Gasteiger partial charge in [-0.2, -0.15) is 5.10 Å². The predicted molar refractivity (Wildman–Crippen MR) is 82.6 cm³/mol. The van der Waals surface area contributed by atoms with Gasteiger partial charge in [0.1, 0.15) is 5.69 Å². The van der Waals surface area contributed by atoms with Crippen LogP contribution >= 0.6 is 0 Å². The topological polar surface area (TPSA) is 38.1 Å². The maximum Gasteiger partial charge on any atom is 0.160 e. The molecule has 0 aliphatic heterocycles. The van der Waals surface area contributed by atoms with E-state index in [1.54, 1.807) is 0 Å². The van der Waals surface area contributed by atoms with E-state index in [0.29, 0.717) is 5.75 Å². The number of rotatable bonds is 6. The van der Waals surface area contributed by atoms with Crippen molar-refractivity contribution in [3.63, 3.8) is 0 Å². The smallest absolute Gasteiger partial charge is 0.160 e. The molecular weight excluding hydrogens is 248 g/mol. The van der Waals surface area contributed by atoms with Crippen molar-refractivity contribution in [2.75, 3.05) is 0 Å². The van der Waals surface area contributed by atoms with Crippen LogP contribution in [0, 0.1) is 6.92 Å². The van der Waals surface area contributed by atoms with E-state index in [9.17, 15) is 5.11 Å². The second-order valence-corrected chi connectivity index (χ2v) is 5.35. The van der Waals surface area contributed by atoms with Gasteiger partial charge in [0.25, 0.3) is 0 Å². The van der Waals surface area contributed by atoms with Gasteiger partial charge in [-0.15, -0.1) is 0 Å². The van der Waals surface area contributed by atoms with Crippen LogP contribution in [-0.4, -0.2) is 14.9 Å². The van der Waals surface area contributed by atoms with E-state index < -0.39 is 0 Å². The summed E-state index contributed by atoms with van der Waals surface area (Å²) in [7, 11) is 0. The SMILES string of the molecule is CCCCc1c(O)c(CCC)nn1-c1cccc(C)c1. The number of aromatic nitrogens is 2. The van der Waals surface area contributed by atoms with Gasteiger partial charge in [0.15, 0.2) is 5.75 Å². The molecule has 108 valence electrons. The van der Waals surface area contributed by atoms with Crippen LogP contribution in [0.5, 0.6) is 5.75 Å². The number of unbranched alkanes of at least 4 members (excludes halogenated alkanes) is 1. The zero-order valence-electron chi connectivity index (χ0n) is 12.7. The number of aromatic hydroxyl groups is 1. The number of nitrogens with zero attached hydrogens (tertiary/aromatic N) is 2. The summed E-state index contributed by atoms with van der Waals surface area (Å²) in [5.74, 6) is 0.391. The Bertz CT molecular complexity index is 572. The molecule has 3 nitrogen and oxygen atoms in total. The van der Waals surface area contributed by atoms with Gasteiger partial charge < -0.3 is 5.11 Å². The standard InChI is InChI=1S/C17H24N2O/c1-4-6-11-16-17(20)15(8-5-2)18-19(16)14-10-7-9-13(3)12-14/h7,9-10,12,20H,4-6,8,11H2,1-3H3. The summed E-state index contributed by atoms with van der Waals surface area (Å²) in [6.45, 7) is 6.35. The highest BCUT2D eigenvalue weighted by molar-refractivity contribution is 5.42. The zero-order chi connectivity index (χ0) is 14.5. The highest BCUT2D eigenvalue weighted by Crippen LogP contribution is 2.28. The molecule has 20 heavy (non-hydrogen) atoms. The summed E-state index contributed by atoms with van der Waals surface area (Å²) < 4.78 is 1.92. The Morgan fingerprint density at radius 1 is 1.15 bits per heavy atom. The Labute approximate surface area is 121 Å². The van der Waals surface area contributed by atoms with Gasteiger partial charge in [-0.3, -0.25) is 0 Å². The fourth-order valence-corrected chi connectivity index (χ4v) is 2.44. The van der Waals surface area contributed by atoms with Crippen LogP contribution in [0.15, 0.2) is 24.3 Å². The molecule has 1 aromatic heterocycles. The molecule has 2 aromatic rings. The second-order valence-electron chi connectivity index (χ2n) is 5.35. The number of hydrogen-bond acceptors (Lipinski definition) is 2. The van der Waals surface area contributed by atoms with E-state index in [1.165, 1.54) is 5.56 Å². The molecule has 2 rings (SSSR count). The third kappa shape index (κ3) is 3.03. The van der Waals surface area contributed by atoms with Crippen LogP contribution in [0.1, 0.15) is 50.1 Å². The summed E-state index contributed by atoms with van der Waals surface area (Å²) in [6.07, 6.45) is 4.86. The average Bonchev–Trinajstić information content (AvgIpc) is 2.74. The Hall–Kier alpha value is -1.77. The van der Waals surface area contributed by atoms with Gasteiger partial charge in [-0.1, -0.05) is 38.8 Å². The second kappa shape index (κ2) is 6.60. The Morgan fingerprint density at radius 3 is 2.60 bits per heavy atom. The van der Waals surface area contributed by atoms with E-state index in [4.69, 9.17) is 0 Å². The first-order valence-corrected chi connectivity index (χ1v) is 7.54. The molecule has 0 fully saturated rings. The quantitative estimate of drug-likeness (QED) is 0.856. The largest absolute Gasteiger partial charge is 0.504 e. The van der Waals surface area contributed by atoms with E-state index in [1.807, 2.05) is 16.8 Å². The summed E-state index contributed by atoms with van der Waals surface area (Å²) in [5.41, 5.74) is 4.01. The molecule has 1 aromatic carbocycles. The highest BCUT2D eigenvalue weighted by Gasteiger charge is 2.17. The fraction of sp³-hybridized carbons (Fsp3) is 0.471. The van der Waals surface area contributed by atoms with Crippen molar-refractivity contribution in [2.45, 2.75) is 52.9 Å². The first kappa shape index (κ1) is 14.6. The van der Waals surface area contributed by atoms with Crippen LogP contribution < -0.4 is 0 Å². The maximum atomic E-state index is 10.4. The monoisotopic (exact) mass is 272 g/mol. The minimum Gasteiger partial charge on any atom is -0.504 e. The normalized spacial score (nSPS) is 10.9. The number of benzene rings is 1. The molecule has 0 saturated heterocycles. The van der Waals surface area contributed by atoms with Crippen molar-refractivity contribution in [1.82, 2.24) is 9.78 Å². The molecule has 0 aliphatic rings. The lowest BCUT2D eigenvalue weighted by molar-refractivity contribution is 0.459. The third-order valence-electron chi connectivity index (χ3n) is 3.52. The molecule has 0 aliphatic carbocycles.